The molecule has 0 unspecified atom stereocenters. The van der Waals surface area contributed by atoms with Gasteiger partial charge < -0.3 is 10.6 Å². The fourth-order valence-electron chi connectivity index (χ4n) is 3.18. The monoisotopic (exact) mass is 385 g/mol. The Bertz CT molecular complexity index is 729. The van der Waals surface area contributed by atoms with Crippen molar-refractivity contribution in [3.8, 4) is 0 Å². The van der Waals surface area contributed by atoms with E-state index in [0.29, 0.717) is 24.9 Å². The summed E-state index contributed by atoms with van der Waals surface area (Å²) in [4.78, 5) is 12.9. The quantitative estimate of drug-likeness (QED) is 0.755. The smallest absolute Gasteiger partial charge is 0.245 e. The van der Waals surface area contributed by atoms with Gasteiger partial charge in [0.05, 0.1) is 5.75 Å². The van der Waals surface area contributed by atoms with Gasteiger partial charge in [0.15, 0.2) is 0 Å². The van der Waals surface area contributed by atoms with Crippen LogP contribution in [0.1, 0.15) is 40.0 Å². The van der Waals surface area contributed by atoms with Crippen molar-refractivity contribution in [3.05, 3.63) is 30.1 Å². The van der Waals surface area contributed by atoms with Gasteiger partial charge in [-0.05, 0) is 51.3 Å². The number of benzene rings is 1. The Morgan fingerprint density at radius 2 is 1.96 bits per heavy atom. The predicted octanol–water partition coefficient (Wildman–Crippen LogP) is 2.34. The van der Waals surface area contributed by atoms with Crippen LogP contribution in [0.4, 0.5) is 10.1 Å². The van der Waals surface area contributed by atoms with Gasteiger partial charge in [-0.25, -0.2) is 17.1 Å². The molecule has 2 rings (SSSR count). The van der Waals surface area contributed by atoms with Crippen LogP contribution in [-0.2, 0) is 14.8 Å². The SMILES string of the molecule is CCCS(=O)(=O)N1CCC(Nc2cccc(F)c2)(C(=O)NC(C)C)CC1. The molecular weight excluding hydrogens is 357 g/mol. The van der Waals surface area contributed by atoms with Crippen LogP contribution in [0, 0.1) is 5.82 Å². The molecule has 1 saturated heterocycles. The third-order valence-corrected chi connectivity index (χ3v) is 6.57. The van der Waals surface area contributed by atoms with Crippen molar-refractivity contribution in [2.24, 2.45) is 0 Å². The molecule has 6 nitrogen and oxygen atoms in total. The minimum atomic E-state index is -3.30. The fraction of sp³-hybridized carbons (Fsp3) is 0.611. The molecule has 1 fully saturated rings. The fourth-order valence-corrected chi connectivity index (χ4v) is 4.70. The zero-order valence-corrected chi connectivity index (χ0v) is 16.4. The number of carbonyl (C=O) groups excluding carboxylic acids is 1. The van der Waals surface area contributed by atoms with Gasteiger partial charge >= 0.3 is 0 Å². The highest BCUT2D eigenvalue weighted by atomic mass is 32.2. The molecule has 1 aliphatic heterocycles. The Kier molecular flexibility index (Phi) is 6.63. The first kappa shape index (κ1) is 20.6. The van der Waals surface area contributed by atoms with Gasteiger partial charge in [0.2, 0.25) is 15.9 Å². The van der Waals surface area contributed by atoms with E-state index in [4.69, 9.17) is 0 Å². The van der Waals surface area contributed by atoms with E-state index in [1.54, 1.807) is 12.1 Å². The maximum absolute atomic E-state index is 13.5. The molecule has 8 heteroatoms. The van der Waals surface area contributed by atoms with Gasteiger partial charge in [-0.2, -0.15) is 0 Å². The summed E-state index contributed by atoms with van der Waals surface area (Å²) in [5, 5.41) is 6.07. The Balaban J connectivity index is 2.22. The summed E-state index contributed by atoms with van der Waals surface area (Å²) in [5.41, 5.74) is -0.454. The number of nitrogens with one attached hydrogen (secondary N) is 2. The second-order valence-corrected chi connectivity index (χ2v) is 9.15. The number of hydrogen-bond donors (Lipinski definition) is 2. The summed E-state index contributed by atoms with van der Waals surface area (Å²) in [5.74, 6) is -0.475. The number of halogens is 1. The Morgan fingerprint density at radius 3 is 2.50 bits per heavy atom. The van der Waals surface area contributed by atoms with E-state index in [1.807, 2.05) is 20.8 Å². The standard InChI is InChI=1S/C18H28FN3O3S/c1-4-12-26(24,25)22-10-8-18(9-11-22,17(23)20-14(2)3)21-16-7-5-6-15(19)13-16/h5-7,13-14,21H,4,8-12H2,1-3H3,(H,20,23). The van der Waals surface area contributed by atoms with E-state index in [0.717, 1.165) is 0 Å². The highest BCUT2D eigenvalue weighted by molar-refractivity contribution is 7.89. The summed E-state index contributed by atoms with van der Waals surface area (Å²) in [7, 11) is -3.30. The van der Waals surface area contributed by atoms with Crippen LogP contribution in [0.15, 0.2) is 24.3 Å². The first-order valence-corrected chi connectivity index (χ1v) is 10.6. The summed E-state index contributed by atoms with van der Waals surface area (Å²) in [6.45, 7) is 6.09. The molecule has 0 spiro atoms. The zero-order chi connectivity index (χ0) is 19.4. The summed E-state index contributed by atoms with van der Waals surface area (Å²) >= 11 is 0. The maximum atomic E-state index is 13.5. The van der Waals surface area contributed by atoms with Crippen LogP contribution >= 0.6 is 0 Å². The minimum absolute atomic E-state index is 0.0458. The molecule has 0 atom stereocenters. The Hall–Kier alpha value is -1.67. The van der Waals surface area contributed by atoms with Crippen LogP contribution < -0.4 is 10.6 Å². The van der Waals surface area contributed by atoms with Crippen molar-refractivity contribution in [2.45, 2.75) is 51.6 Å². The first-order chi connectivity index (χ1) is 12.2. The Labute approximate surface area is 155 Å². The van der Waals surface area contributed by atoms with Gasteiger partial charge in [-0.3, -0.25) is 4.79 Å². The number of amides is 1. The van der Waals surface area contributed by atoms with E-state index in [1.165, 1.54) is 16.4 Å². The molecule has 0 radical (unpaired) electrons. The number of rotatable bonds is 7. The first-order valence-electron chi connectivity index (χ1n) is 9.01. The number of carbonyl (C=O) groups is 1. The van der Waals surface area contributed by atoms with E-state index in [-0.39, 0.29) is 30.8 Å². The molecule has 0 bridgehead atoms. The largest absolute Gasteiger partial charge is 0.371 e. The maximum Gasteiger partial charge on any atom is 0.245 e. The van der Waals surface area contributed by atoms with Gasteiger partial charge in [0.25, 0.3) is 0 Å². The number of anilines is 1. The normalized spacial score (nSPS) is 17.9. The van der Waals surface area contributed by atoms with Crippen LogP contribution in [0.3, 0.4) is 0 Å². The highest BCUT2D eigenvalue weighted by Crippen LogP contribution is 2.29. The van der Waals surface area contributed by atoms with Gasteiger partial charge in [-0.1, -0.05) is 13.0 Å². The lowest BCUT2D eigenvalue weighted by molar-refractivity contribution is -0.127. The predicted molar refractivity (Wildman–Crippen MR) is 101 cm³/mol. The third-order valence-electron chi connectivity index (χ3n) is 4.49. The van der Waals surface area contributed by atoms with E-state index >= 15 is 0 Å². The van der Waals surface area contributed by atoms with Crippen LogP contribution in [0.5, 0.6) is 0 Å². The number of hydrogen-bond acceptors (Lipinski definition) is 4. The summed E-state index contributed by atoms with van der Waals surface area (Å²) in [6.07, 6.45) is 1.20. The van der Waals surface area contributed by atoms with Crippen LogP contribution in [0.2, 0.25) is 0 Å². The second kappa shape index (κ2) is 8.35. The molecule has 0 aromatic heterocycles. The van der Waals surface area contributed by atoms with Crippen molar-refractivity contribution < 1.29 is 17.6 Å². The molecule has 1 aliphatic rings. The van der Waals surface area contributed by atoms with Crippen molar-refractivity contribution in [1.82, 2.24) is 9.62 Å². The van der Waals surface area contributed by atoms with E-state index < -0.39 is 21.4 Å². The summed E-state index contributed by atoms with van der Waals surface area (Å²) < 4.78 is 39.6. The number of sulfonamides is 1. The topological polar surface area (TPSA) is 78.5 Å². The molecule has 146 valence electrons. The second-order valence-electron chi connectivity index (χ2n) is 7.06. The number of piperidine rings is 1. The number of nitrogens with zero attached hydrogens (tertiary/aromatic N) is 1. The summed E-state index contributed by atoms with van der Waals surface area (Å²) in [6, 6.07) is 5.91. The minimum Gasteiger partial charge on any atom is -0.371 e. The van der Waals surface area contributed by atoms with Crippen molar-refractivity contribution in [3.63, 3.8) is 0 Å². The van der Waals surface area contributed by atoms with E-state index in [2.05, 4.69) is 10.6 Å². The molecule has 1 heterocycles. The molecule has 1 aromatic carbocycles. The molecule has 1 aromatic rings. The average Bonchev–Trinajstić information content (AvgIpc) is 2.54. The third kappa shape index (κ3) is 4.94. The lowest BCUT2D eigenvalue weighted by Crippen LogP contribution is -2.60. The lowest BCUT2D eigenvalue weighted by Gasteiger charge is -2.41. The Morgan fingerprint density at radius 1 is 1.31 bits per heavy atom. The van der Waals surface area contributed by atoms with Crippen molar-refractivity contribution in [2.75, 3.05) is 24.2 Å². The molecule has 2 N–H and O–H groups in total. The molecule has 1 amide bonds. The lowest BCUT2D eigenvalue weighted by atomic mass is 9.86. The van der Waals surface area contributed by atoms with Gasteiger partial charge in [-0.15, -0.1) is 0 Å². The average molecular weight is 386 g/mol. The van der Waals surface area contributed by atoms with Crippen molar-refractivity contribution in [1.29, 1.82) is 0 Å². The molecular formula is C18H28FN3O3S. The highest BCUT2D eigenvalue weighted by Gasteiger charge is 2.43. The van der Waals surface area contributed by atoms with Crippen molar-refractivity contribution >= 4 is 21.6 Å². The van der Waals surface area contributed by atoms with Gasteiger partial charge in [0.1, 0.15) is 11.4 Å². The van der Waals surface area contributed by atoms with E-state index in [9.17, 15) is 17.6 Å². The zero-order valence-electron chi connectivity index (χ0n) is 15.6. The van der Waals surface area contributed by atoms with Crippen LogP contribution in [-0.4, -0.2) is 49.1 Å². The molecule has 26 heavy (non-hydrogen) atoms. The van der Waals surface area contributed by atoms with Gasteiger partial charge in [0, 0.05) is 24.8 Å². The van der Waals surface area contributed by atoms with Crippen LogP contribution in [0.25, 0.3) is 0 Å². The molecule has 0 saturated carbocycles. The molecule has 0 aliphatic carbocycles.